The van der Waals surface area contributed by atoms with Crippen LogP contribution < -0.4 is 10.1 Å². The first-order chi connectivity index (χ1) is 8.79. The van der Waals surface area contributed by atoms with E-state index in [0.717, 1.165) is 0 Å². The minimum atomic E-state index is -0.276. The molecule has 1 aromatic carbocycles. The number of halogens is 1. The van der Waals surface area contributed by atoms with Gasteiger partial charge in [-0.25, -0.2) is 4.39 Å². The molecular weight excluding hydrogens is 237 g/mol. The van der Waals surface area contributed by atoms with Gasteiger partial charge in [0.2, 0.25) is 6.39 Å². The number of hydrogen-bond donors (Lipinski definition) is 1. The lowest BCUT2D eigenvalue weighted by molar-refractivity contribution is 0.408. The van der Waals surface area contributed by atoms with E-state index in [9.17, 15) is 4.39 Å². The molecule has 0 saturated heterocycles. The maximum Gasteiger partial charge on any atom is 0.213 e. The van der Waals surface area contributed by atoms with Gasteiger partial charge in [-0.3, -0.25) is 0 Å². The molecule has 0 saturated carbocycles. The first-order valence-corrected chi connectivity index (χ1v) is 5.58. The van der Waals surface area contributed by atoms with E-state index in [-0.39, 0.29) is 5.82 Å². The summed E-state index contributed by atoms with van der Waals surface area (Å²) in [5.41, 5.74) is 0.601. The second kappa shape index (κ2) is 6.11. The largest absolute Gasteiger partial charge is 0.497 e. The highest BCUT2D eigenvalue weighted by Crippen LogP contribution is 2.15. The Labute approximate surface area is 104 Å². The third-order valence-electron chi connectivity index (χ3n) is 2.51. The van der Waals surface area contributed by atoms with E-state index in [1.807, 2.05) is 0 Å². The molecule has 0 bridgehead atoms. The van der Waals surface area contributed by atoms with Crippen molar-refractivity contribution in [1.29, 1.82) is 0 Å². The molecule has 18 heavy (non-hydrogen) atoms. The van der Waals surface area contributed by atoms with Gasteiger partial charge in [0.05, 0.1) is 7.11 Å². The minimum Gasteiger partial charge on any atom is -0.497 e. The highest BCUT2D eigenvalue weighted by Gasteiger charge is 2.04. The van der Waals surface area contributed by atoms with Gasteiger partial charge in [0.15, 0.2) is 5.82 Å². The zero-order chi connectivity index (χ0) is 12.8. The lowest BCUT2D eigenvalue weighted by Gasteiger charge is -2.06. The van der Waals surface area contributed by atoms with E-state index < -0.39 is 0 Å². The van der Waals surface area contributed by atoms with Crippen LogP contribution >= 0.6 is 0 Å². The number of ether oxygens (including phenoxy) is 1. The summed E-state index contributed by atoms with van der Waals surface area (Å²) in [5, 5.41) is 6.80. The van der Waals surface area contributed by atoms with E-state index in [2.05, 4.69) is 20.0 Å². The molecule has 1 aromatic heterocycles. The van der Waals surface area contributed by atoms with Crippen LogP contribution in [0.25, 0.3) is 0 Å². The Hall–Kier alpha value is -1.95. The molecule has 1 N–H and O–H groups in total. The van der Waals surface area contributed by atoms with Crippen molar-refractivity contribution in [2.75, 3.05) is 13.7 Å². The Balaban J connectivity index is 1.79. The Kier molecular flexibility index (Phi) is 4.25. The predicted octanol–water partition coefficient (Wildman–Crippen LogP) is 1.55. The van der Waals surface area contributed by atoms with Crippen molar-refractivity contribution in [3.63, 3.8) is 0 Å². The summed E-state index contributed by atoms with van der Waals surface area (Å²) in [4.78, 5) is 3.89. The van der Waals surface area contributed by atoms with Crippen molar-refractivity contribution in [3.05, 3.63) is 41.8 Å². The lowest BCUT2D eigenvalue weighted by Crippen LogP contribution is -2.18. The molecular formula is C12H14FN3O2. The summed E-state index contributed by atoms with van der Waals surface area (Å²) < 4.78 is 23.1. The molecule has 2 aromatic rings. The molecule has 0 fully saturated rings. The van der Waals surface area contributed by atoms with E-state index in [1.54, 1.807) is 12.1 Å². The molecule has 2 rings (SSSR count). The van der Waals surface area contributed by atoms with Crippen LogP contribution in [0.3, 0.4) is 0 Å². The fourth-order valence-electron chi connectivity index (χ4n) is 1.52. The molecule has 1 heterocycles. The average molecular weight is 251 g/mol. The molecule has 0 aliphatic heterocycles. The Morgan fingerprint density at radius 3 is 3.00 bits per heavy atom. The number of aromatic nitrogens is 2. The summed E-state index contributed by atoms with van der Waals surface area (Å²) >= 11 is 0. The summed E-state index contributed by atoms with van der Waals surface area (Å²) in [6.07, 6.45) is 1.94. The van der Waals surface area contributed by atoms with Gasteiger partial charge in [0.25, 0.3) is 0 Å². The van der Waals surface area contributed by atoms with Crippen molar-refractivity contribution in [3.8, 4) is 5.75 Å². The number of nitrogens with zero attached hydrogens (tertiary/aromatic N) is 2. The van der Waals surface area contributed by atoms with E-state index in [0.29, 0.717) is 36.6 Å². The predicted molar refractivity (Wildman–Crippen MR) is 62.7 cm³/mol. The van der Waals surface area contributed by atoms with Crippen molar-refractivity contribution >= 4 is 0 Å². The summed E-state index contributed by atoms with van der Waals surface area (Å²) in [6.45, 7) is 1.11. The minimum absolute atomic E-state index is 0.276. The highest BCUT2D eigenvalue weighted by molar-refractivity contribution is 5.28. The second-order valence-electron chi connectivity index (χ2n) is 3.73. The van der Waals surface area contributed by atoms with Crippen LogP contribution in [0.5, 0.6) is 5.75 Å². The molecule has 0 unspecified atom stereocenters. The zero-order valence-corrected chi connectivity index (χ0v) is 10.0. The molecule has 6 heteroatoms. The first kappa shape index (κ1) is 12.5. The van der Waals surface area contributed by atoms with E-state index >= 15 is 0 Å². The van der Waals surface area contributed by atoms with Crippen LogP contribution in [0, 0.1) is 5.82 Å². The van der Waals surface area contributed by atoms with Crippen LogP contribution in [0.1, 0.15) is 11.4 Å². The van der Waals surface area contributed by atoms with Gasteiger partial charge in [-0.05, 0) is 6.07 Å². The van der Waals surface area contributed by atoms with Crippen LogP contribution in [-0.4, -0.2) is 23.8 Å². The van der Waals surface area contributed by atoms with Gasteiger partial charge >= 0.3 is 0 Å². The number of rotatable bonds is 6. The normalized spacial score (nSPS) is 10.6. The van der Waals surface area contributed by atoms with Crippen molar-refractivity contribution in [1.82, 2.24) is 15.5 Å². The quantitative estimate of drug-likeness (QED) is 0.789. The van der Waals surface area contributed by atoms with Crippen molar-refractivity contribution in [2.45, 2.75) is 13.0 Å². The van der Waals surface area contributed by atoms with Crippen LogP contribution in [0.4, 0.5) is 4.39 Å². The standard InChI is InChI=1S/C12H14FN3O2/c1-17-10-3-2-9(11(13)6-10)7-14-5-4-12-15-8-18-16-12/h2-3,6,8,14H,4-5,7H2,1H3. The highest BCUT2D eigenvalue weighted by atomic mass is 19.1. The van der Waals surface area contributed by atoms with Gasteiger partial charge in [-0.1, -0.05) is 11.2 Å². The number of nitrogens with one attached hydrogen (secondary N) is 1. The van der Waals surface area contributed by atoms with Gasteiger partial charge in [0.1, 0.15) is 11.6 Å². The van der Waals surface area contributed by atoms with Crippen molar-refractivity contribution < 1.29 is 13.7 Å². The topological polar surface area (TPSA) is 60.2 Å². The maximum atomic E-state index is 13.6. The maximum absolute atomic E-state index is 13.6. The monoisotopic (exact) mass is 251 g/mol. The van der Waals surface area contributed by atoms with E-state index in [1.165, 1.54) is 19.6 Å². The Morgan fingerprint density at radius 2 is 2.33 bits per heavy atom. The van der Waals surface area contributed by atoms with Gasteiger partial charge in [-0.2, -0.15) is 4.98 Å². The van der Waals surface area contributed by atoms with Crippen LogP contribution in [0.2, 0.25) is 0 Å². The van der Waals surface area contributed by atoms with Crippen LogP contribution in [0.15, 0.2) is 29.1 Å². The summed E-state index contributed by atoms with van der Waals surface area (Å²) in [7, 11) is 1.51. The molecule has 5 nitrogen and oxygen atoms in total. The molecule has 0 spiro atoms. The SMILES string of the molecule is COc1ccc(CNCCc2ncon2)c(F)c1. The second-order valence-corrected chi connectivity index (χ2v) is 3.73. The average Bonchev–Trinajstić information content (AvgIpc) is 2.89. The molecule has 96 valence electrons. The van der Waals surface area contributed by atoms with Crippen LogP contribution in [-0.2, 0) is 13.0 Å². The van der Waals surface area contributed by atoms with E-state index in [4.69, 9.17) is 4.74 Å². The number of methoxy groups -OCH3 is 1. The molecule has 0 amide bonds. The summed E-state index contributed by atoms with van der Waals surface area (Å²) in [6, 6.07) is 4.81. The fourth-order valence-corrected chi connectivity index (χ4v) is 1.52. The van der Waals surface area contributed by atoms with Crippen molar-refractivity contribution in [2.24, 2.45) is 0 Å². The number of hydrogen-bond acceptors (Lipinski definition) is 5. The fraction of sp³-hybridized carbons (Fsp3) is 0.333. The smallest absolute Gasteiger partial charge is 0.213 e. The first-order valence-electron chi connectivity index (χ1n) is 5.58. The molecule has 0 aliphatic carbocycles. The molecule has 0 aliphatic rings. The van der Waals surface area contributed by atoms with Gasteiger partial charge in [-0.15, -0.1) is 0 Å². The Morgan fingerprint density at radius 1 is 1.44 bits per heavy atom. The zero-order valence-electron chi connectivity index (χ0n) is 10.0. The molecule has 0 radical (unpaired) electrons. The van der Waals surface area contributed by atoms with Gasteiger partial charge < -0.3 is 14.6 Å². The summed E-state index contributed by atoms with van der Waals surface area (Å²) in [5.74, 6) is 0.877. The van der Waals surface area contributed by atoms with Gasteiger partial charge in [0, 0.05) is 31.1 Å². The Bertz CT molecular complexity index is 488. The molecule has 0 atom stereocenters. The number of benzene rings is 1. The third-order valence-corrected chi connectivity index (χ3v) is 2.51. The third kappa shape index (κ3) is 3.27. The lowest BCUT2D eigenvalue weighted by atomic mass is 10.2.